The molecule has 7 heteroatoms. The van der Waals surface area contributed by atoms with Gasteiger partial charge in [0.05, 0.1) is 18.4 Å². The maximum Gasteiger partial charge on any atom is 0.488 e. The molecular weight excluding hydrogens is 269 g/mol. The van der Waals surface area contributed by atoms with Gasteiger partial charge in [-0.3, -0.25) is 4.79 Å². The molecule has 0 radical (unpaired) electrons. The molecule has 0 atom stereocenters. The number of hydrogen-bond donors (Lipinski definition) is 2. The largest absolute Gasteiger partial charge is 0.488 e. The highest BCUT2D eigenvalue weighted by atomic mass is 16.4. The zero-order valence-electron chi connectivity index (χ0n) is 12.1. The second kappa shape index (κ2) is 6.56. The van der Waals surface area contributed by atoms with E-state index in [1.807, 2.05) is 18.9 Å². The lowest BCUT2D eigenvalue weighted by Gasteiger charge is -2.16. The van der Waals surface area contributed by atoms with E-state index < -0.39 is 7.12 Å². The molecule has 0 amide bonds. The average molecular weight is 287 g/mol. The predicted molar refractivity (Wildman–Crippen MR) is 82.8 cm³/mol. The van der Waals surface area contributed by atoms with E-state index in [-0.39, 0.29) is 12.1 Å². The first-order valence-electron chi connectivity index (χ1n) is 6.75. The molecule has 0 saturated heterocycles. The van der Waals surface area contributed by atoms with E-state index in [2.05, 4.69) is 5.10 Å². The van der Waals surface area contributed by atoms with Gasteiger partial charge in [0.2, 0.25) is 0 Å². The molecule has 1 aromatic carbocycles. The SMILES string of the molecule is CCN(C)c1cnn(Cc2ccccc2B(O)O)c(=O)c1. The van der Waals surface area contributed by atoms with Crippen LogP contribution in [0.4, 0.5) is 5.69 Å². The first-order chi connectivity index (χ1) is 10.0. The molecule has 2 aromatic rings. The molecule has 0 saturated carbocycles. The first kappa shape index (κ1) is 15.3. The van der Waals surface area contributed by atoms with Crippen LogP contribution in [0.2, 0.25) is 0 Å². The van der Waals surface area contributed by atoms with Gasteiger partial charge >= 0.3 is 7.12 Å². The molecule has 0 fully saturated rings. The van der Waals surface area contributed by atoms with Crippen LogP contribution >= 0.6 is 0 Å². The predicted octanol–water partition coefficient (Wildman–Crippen LogP) is -0.573. The summed E-state index contributed by atoms with van der Waals surface area (Å²) < 4.78 is 1.30. The molecule has 0 unspecified atom stereocenters. The van der Waals surface area contributed by atoms with Gasteiger partial charge in [-0.25, -0.2) is 4.68 Å². The quantitative estimate of drug-likeness (QED) is 0.720. The summed E-state index contributed by atoms with van der Waals surface area (Å²) in [6.07, 6.45) is 1.63. The number of benzene rings is 1. The van der Waals surface area contributed by atoms with Crippen molar-refractivity contribution in [2.75, 3.05) is 18.5 Å². The maximum atomic E-state index is 12.1. The van der Waals surface area contributed by atoms with Gasteiger partial charge in [-0.05, 0) is 17.9 Å². The molecule has 1 aromatic heterocycles. The molecule has 0 aliphatic carbocycles. The van der Waals surface area contributed by atoms with Crippen LogP contribution in [-0.4, -0.2) is 40.5 Å². The average Bonchev–Trinajstić information content (AvgIpc) is 2.48. The summed E-state index contributed by atoms with van der Waals surface area (Å²) >= 11 is 0. The fourth-order valence-corrected chi connectivity index (χ4v) is 2.03. The van der Waals surface area contributed by atoms with Crippen molar-refractivity contribution in [3.05, 3.63) is 52.4 Å². The summed E-state index contributed by atoms with van der Waals surface area (Å²) in [7, 11) is 0.320. The van der Waals surface area contributed by atoms with Gasteiger partial charge in [0.15, 0.2) is 0 Å². The molecule has 110 valence electrons. The van der Waals surface area contributed by atoms with Crippen LogP contribution in [0.25, 0.3) is 0 Å². The summed E-state index contributed by atoms with van der Waals surface area (Å²) in [6.45, 7) is 2.97. The lowest BCUT2D eigenvalue weighted by atomic mass is 9.77. The highest BCUT2D eigenvalue weighted by Crippen LogP contribution is 2.06. The van der Waals surface area contributed by atoms with E-state index in [0.29, 0.717) is 11.0 Å². The minimum absolute atomic E-state index is 0.197. The number of rotatable bonds is 5. The van der Waals surface area contributed by atoms with Crippen LogP contribution in [0, 0.1) is 0 Å². The fourth-order valence-electron chi connectivity index (χ4n) is 2.03. The molecular formula is C14H18BN3O3. The van der Waals surface area contributed by atoms with Gasteiger partial charge in [-0.2, -0.15) is 5.10 Å². The molecule has 2 N–H and O–H groups in total. The van der Waals surface area contributed by atoms with E-state index in [1.165, 1.54) is 10.7 Å². The highest BCUT2D eigenvalue weighted by molar-refractivity contribution is 6.59. The normalized spacial score (nSPS) is 10.5. The Balaban J connectivity index is 2.31. The smallest absolute Gasteiger partial charge is 0.423 e. The van der Waals surface area contributed by atoms with Crippen molar-refractivity contribution in [3.8, 4) is 0 Å². The Bertz CT molecular complexity index is 673. The van der Waals surface area contributed by atoms with Crippen molar-refractivity contribution in [2.24, 2.45) is 0 Å². The van der Waals surface area contributed by atoms with Gasteiger partial charge in [0.25, 0.3) is 5.56 Å². The second-order valence-electron chi connectivity index (χ2n) is 4.80. The second-order valence-corrected chi connectivity index (χ2v) is 4.80. The minimum Gasteiger partial charge on any atom is -0.423 e. The fraction of sp³-hybridized carbons (Fsp3) is 0.286. The van der Waals surface area contributed by atoms with Crippen molar-refractivity contribution in [3.63, 3.8) is 0 Å². The molecule has 0 bridgehead atoms. The van der Waals surface area contributed by atoms with Gasteiger partial charge < -0.3 is 14.9 Å². The van der Waals surface area contributed by atoms with Crippen LogP contribution in [0.1, 0.15) is 12.5 Å². The van der Waals surface area contributed by atoms with Crippen LogP contribution in [0.5, 0.6) is 0 Å². The first-order valence-corrected chi connectivity index (χ1v) is 6.75. The van der Waals surface area contributed by atoms with Crippen molar-refractivity contribution >= 4 is 18.3 Å². The minimum atomic E-state index is -1.57. The number of hydrogen-bond acceptors (Lipinski definition) is 5. The van der Waals surface area contributed by atoms with E-state index in [0.717, 1.165) is 12.2 Å². The van der Waals surface area contributed by atoms with Gasteiger partial charge in [-0.15, -0.1) is 0 Å². The lowest BCUT2D eigenvalue weighted by Crippen LogP contribution is -2.35. The third-order valence-electron chi connectivity index (χ3n) is 3.42. The van der Waals surface area contributed by atoms with Gasteiger partial charge in [-0.1, -0.05) is 24.3 Å². The van der Waals surface area contributed by atoms with E-state index in [9.17, 15) is 14.8 Å². The maximum absolute atomic E-state index is 12.1. The molecule has 0 aliphatic rings. The summed E-state index contributed by atoms with van der Waals surface area (Å²) in [5, 5.41) is 22.8. The summed E-state index contributed by atoms with van der Waals surface area (Å²) in [5.74, 6) is 0. The Kier molecular flexibility index (Phi) is 4.77. The van der Waals surface area contributed by atoms with E-state index >= 15 is 0 Å². The molecule has 2 rings (SSSR count). The lowest BCUT2D eigenvalue weighted by molar-refractivity contribution is 0.425. The Morgan fingerprint density at radius 3 is 2.67 bits per heavy atom. The van der Waals surface area contributed by atoms with E-state index in [1.54, 1.807) is 30.5 Å². The van der Waals surface area contributed by atoms with Crippen molar-refractivity contribution in [1.29, 1.82) is 0 Å². The number of anilines is 1. The Hall–Kier alpha value is -2.12. The third kappa shape index (κ3) is 3.50. The van der Waals surface area contributed by atoms with Crippen LogP contribution in [-0.2, 0) is 6.54 Å². The third-order valence-corrected chi connectivity index (χ3v) is 3.42. The van der Waals surface area contributed by atoms with Crippen molar-refractivity contribution < 1.29 is 10.0 Å². The zero-order chi connectivity index (χ0) is 15.4. The Morgan fingerprint density at radius 2 is 2.05 bits per heavy atom. The van der Waals surface area contributed by atoms with Crippen molar-refractivity contribution in [2.45, 2.75) is 13.5 Å². The monoisotopic (exact) mass is 287 g/mol. The highest BCUT2D eigenvalue weighted by Gasteiger charge is 2.16. The van der Waals surface area contributed by atoms with Gasteiger partial charge in [0, 0.05) is 19.7 Å². The van der Waals surface area contributed by atoms with Gasteiger partial charge in [0.1, 0.15) is 0 Å². The van der Waals surface area contributed by atoms with Crippen LogP contribution in [0.3, 0.4) is 0 Å². The molecule has 0 spiro atoms. The topological polar surface area (TPSA) is 78.6 Å². The van der Waals surface area contributed by atoms with Crippen LogP contribution < -0.4 is 15.9 Å². The Morgan fingerprint density at radius 1 is 1.33 bits per heavy atom. The standard InChI is InChI=1S/C14H18BN3O3/c1-3-17(2)12-8-14(19)18(16-9-12)10-11-6-4-5-7-13(11)15(20)21/h4-9,20-21H,3,10H2,1-2H3. The molecule has 1 heterocycles. The zero-order valence-corrected chi connectivity index (χ0v) is 12.1. The molecule has 0 aliphatic heterocycles. The Labute approximate surface area is 123 Å². The summed E-state index contributed by atoms with van der Waals surface area (Å²) in [6, 6.07) is 8.38. The van der Waals surface area contributed by atoms with E-state index in [4.69, 9.17) is 0 Å². The number of nitrogens with zero attached hydrogens (tertiary/aromatic N) is 3. The van der Waals surface area contributed by atoms with Crippen LogP contribution in [0.15, 0.2) is 41.3 Å². The summed E-state index contributed by atoms with van der Waals surface area (Å²) in [5.41, 5.74) is 1.56. The number of aromatic nitrogens is 2. The molecule has 21 heavy (non-hydrogen) atoms. The summed E-state index contributed by atoms with van der Waals surface area (Å²) in [4.78, 5) is 14.0. The van der Waals surface area contributed by atoms with Crippen molar-refractivity contribution in [1.82, 2.24) is 9.78 Å². The molecule has 6 nitrogen and oxygen atoms in total.